The van der Waals surface area contributed by atoms with Crippen LogP contribution in [0.3, 0.4) is 0 Å². The van der Waals surface area contributed by atoms with Gasteiger partial charge < -0.3 is 10.6 Å². The highest BCUT2D eigenvalue weighted by Crippen LogP contribution is 2.19. The van der Waals surface area contributed by atoms with Crippen molar-refractivity contribution in [3.63, 3.8) is 0 Å². The van der Waals surface area contributed by atoms with Crippen molar-refractivity contribution in [2.45, 2.75) is 26.3 Å². The van der Waals surface area contributed by atoms with Gasteiger partial charge in [0, 0.05) is 35.3 Å². The maximum absolute atomic E-state index is 13.7. The van der Waals surface area contributed by atoms with E-state index in [1.54, 1.807) is 30.5 Å². The third-order valence-electron chi connectivity index (χ3n) is 3.31. The summed E-state index contributed by atoms with van der Waals surface area (Å²) in [6, 6.07) is 4.72. The predicted octanol–water partition coefficient (Wildman–Crippen LogP) is 4.02. The smallest absolute Gasteiger partial charge is 0.191 e. The van der Waals surface area contributed by atoms with E-state index < -0.39 is 0 Å². The Kier molecular flexibility index (Phi) is 9.53. The zero-order valence-corrected chi connectivity index (χ0v) is 17.5. The van der Waals surface area contributed by atoms with Crippen LogP contribution in [-0.2, 0) is 19.4 Å². The van der Waals surface area contributed by atoms with Gasteiger partial charge in [-0.2, -0.15) is 0 Å². The molecule has 0 atom stereocenters. The number of nitrogens with zero attached hydrogens (tertiary/aromatic N) is 2. The molecule has 0 saturated heterocycles. The van der Waals surface area contributed by atoms with Gasteiger partial charge in [-0.3, -0.25) is 4.99 Å². The number of aryl methyl sites for hydroxylation is 1. The Hall–Kier alpha value is -0.930. The van der Waals surface area contributed by atoms with Gasteiger partial charge in [-0.15, -0.1) is 35.3 Å². The summed E-state index contributed by atoms with van der Waals surface area (Å²) in [4.78, 5) is 9.76. The molecule has 1 aromatic heterocycles. The Morgan fingerprint density at radius 2 is 2.17 bits per heavy atom. The number of thiazole rings is 1. The standard InChI is InChI=1S/C16H20ClFN4S.HI/c1-3-11-9-21-15(23-11)10-22-16(19-2)20-8-7-12-13(17)5-4-6-14(12)18;/h4-6,9H,3,7-8,10H2,1-2H3,(H2,19,20,22);1H. The summed E-state index contributed by atoms with van der Waals surface area (Å²) in [5.41, 5.74) is 0.518. The zero-order valence-electron chi connectivity index (χ0n) is 13.6. The molecule has 2 rings (SSSR count). The second-order valence-electron chi connectivity index (χ2n) is 4.88. The molecular formula is C16H21ClFIN4S. The molecule has 0 fully saturated rings. The van der Waals surface area contributed by atoms with Crippen LogP contribution < -0.4 is 10.6 Å². The van der Waals surface area contributed by atoms with Gasteiger partial charge >= 0.3 is 0 Å². The first-order valence-corrected chi connectivity index (χ1v) is 8.64. The molecule has 0 bridgehead atoms. The second-order valence-corrected chi connectivity index (χ2v) is 6.48. The number of rotatable bonds is 6. The molecule has 4 nitrogen and oxygen atoms in total. The fourth-order valence-corrected chi connectivity index (χ4v) is 3.11. The number of hydrogen-bond acceptors (Lipinski definition) is 3. The van der Waals surface area contributed by atoms with Gasteiger partial charge in [0.1, 0.15) is 10.8 Å². The van der Waals surface area contributed by atoms with E-state index in [0.717, 1.165) is 11.4 Å². The molecule has 0 saturated carbocycles. The second kappa shape index (κ2) is 10.8. The fraction of sp³-hybridized carbons (Fsp3) is 0.375. The first kappa shape index (κ1) is 21.1. The van der Waals surface area contributed by atoms with Crippen molar-refractivity contribution in [3.05, 3.63) is 50.7 Å². The van der Waals surface area contributed by atoms with E-state index in [2.05, 4.69) is 27.5 Å². The van der Waals surface area contributed by atoms with Gasteiger partial charge in [0.25, 0.3) is 0 Å². The molecule has 2 N–H and O–H groups in total. The normalized spacial score (nSPS) is 11.1. The SMILES string of the molecule is CCc1cnc(CNC(=NC)NCCc2c(F)cccc2Cl)s1.I. The molecule has 0 unspecified atom stereocenters. The zero-order chi connectivity index (χ0) is 16.7. The summed E-state index contributed by atoms with van der Waals surface area (Å²) in [5.74, 6) is 0.378. The van der Waals surface area contributed by atoms with Crippen molar-refractivity contribution in [1.29, 1.82) is 0 Å². The lowest BCUT2D eigenvalue weighted by Crippen LogP contribution is -2.37. The third-order valence-corrected chi connectivity index (χ3v) is 4.81. The lowest BCUT2D eigenvalue weighted by Gasteiger charge is -2.11. The minimum atomic E-state index is -0.280. The maximum atomic E-state index is 13.7. The van der Waals surface area contributed by atoms with Crippen LogP contribution in [0.4, 0.5) is 4.39 Å². The molecule has 0 aliphatic heterocycles. The van der Waals surface area contributed by atoms with Gasteiger partial charge in [0.15, 0.2) is 5.96 Å². The maximum Gasteiger partial charge on any atom is 0.191 e. The first-order valence-electron chi connectivity index (χ1n) is 7.45. The van der Waals surface area contributed by atoms with Crippen molar-refractivity contribution < 1.29 is 4.39 Å². The van der Waals surface area contributed by atoms with Crippen LogP contribution in [0.15, 0.2) is 29.4 Å². The van der Waals surface area contributed by atoms with Gasteiger partial charge in [-0.25, -0.2) is 9.37 Å². The van der Waals surface area contributed by atoms with Crippen molar-refractivity contribution in [3.8, 4) is 0 Å². The number of nitrogens with one attached hydrogen (secondary N) is 2. The molecule has 0 spiro atoms. The van der Waals surface area contributed by atoms with Gasteiger partial charge in [0.2, 0.25) is 0 Å². The highest BCUT2D eigenvalue weighted by molar-refractivity contribution is 14.0. The van der Waals surface area contributed by atoms with Crippen LogP contribution in [0.1, 0.15) is 22.4 Å². The molecule has 0 aliphatic rings. The van der Waals surface area contributed by atoms with Crippen LogP contribution >= 0.6 is 46.9 Å². The van der Waals surface area contributed by atoms with E-state index in [4.69, 9.17) is 11.6 Å². The molecular weight excluding hydrogens is 462 g/mol. The quantitative estimate of drug-likeness (QED) is 0.371. The Morgan fingerprint density at radius 1 is 1.38 bits per heavy atom. The third kappa shape index (κ3) is 6.18. The Labute approximate surface area is 168 Å². The summed E-state index contributed by atoms with van der Waals surface area (Å²) in [7, 11) is 1.70. The lowest BCUT2D eigenvalue weighted by atomic mass is 10.1. The number of halogens is 3. The minimum Gasteiger partial charge on any atom is -0.356 e. The number of benzene rings is 1. The number of aromatic nitrogens is 1. The number of guanidine groups is 1. The molecule has 2 aromatic rings. The molecule has 132 valence electrons. The molecule has 0 amide bonds. The largest absolute Gasteiger partial charge is 0.356 e. The van der Waals surface area contributed by atoms with Crippen LogP contribution in [-0.4, -0.2) is 24.5 Å². The van der Waals surface area contributed by atoms with Gasteiger partial charge in [0.05, 0.1) is 6.54 Å². The van der Waals surface area contributed by atoms with Crippen LogP contribution in [0.5, 0.6) is 0 Å². The predicted molar refractivity (Wildman–Crippen MR) is 110 cm³/mol. The first-order chi connectivity index (χ1) is 11.1. The fourth-order valence-electron chi connectivity index (χ4n) is 2.05. The topological polar surface area (TPSA) is 49.3 Å². The summed E-state index contributed by atoms with van der Waals surface area (Å²) in [6.07, 6.45) is 3.38. The molecule has 1 aromatic carbocycles. The van der Waals surface area contributed by atoms with Crippen molar-refractivity contribution in [2.24, 2.45) is 4.99 Å². The van der Waals surface area contributed by atoms with Crippen LogP contribution in [0.2, 0.25) is 5.02 Å². The number of hydrogen-bond donors (Lipinski definition) is 2. The van der Waals surface area contributed by atoms with Crippen molar-refractivity contribution in [2.75, 3.05) is 13.6 Å². The van der Waals surface area contributed by atoms with E-state index in [-0.39, 0.29) is 29.8 Å². The minimum absolute atomic E-state index is 0. The summed E-state index contributed by atoms with van der Waals surface area (Å²) >= 11 is 7.70. The van der Waals surface area contributed by atoms with E-state index in [9.17, 15) is 4.39 Å². The van der Waals surface area contributed by atoms with Crippen LogP contribution in [0.25, 0.3) is 0 Å². The summed E-state index contributed by atoms with van der Waals surface area (Å²) in [6.45, 7) is 3.27. The van der Waals surface area contributed by atoms with Gasteiger partial charge in [-0.1, -0.05) is 24.6 Å². The molecule has 8 heteroatoms. The van der Waals surface area contributed by atoms with E-state index in [1.807, 2.05) is 6.20 Å². The van der Waals surface area contributed by atoms with Crippen molar-refractivity contribution >= 4 is 52.9 Å². The van der Waals surface area contributed by atoms with Gasteiger partial charge in [-0.05, 0) is 25.0 Å². The average molecular weight is 483 g/mol. The Morgan fingerprint density at radius 3 is 2.79 bits per heavy atom. The lowest BCUT2D eigenvalue weighted by molar-refractivity contribution is 0.607. The van der Waals surface area contributed by atoms with E-state index >= 15 is 0 Å². The highest BCUT2D eigenvalue weighted by Gasteiger charge is 2.07. The monoisotopic (exact) mass is 482 g/mol. The average Bonchev–Trinajstić information content (AvgIpc) is 3.01. The van der Waals surface area contributed by atoms with E-state index in [1.165, 1.54) is 10.9 Å². The molecule has 1 heterocycles. The highest BCUT2D eigenvalue weighted by atomic mass is 127. The van der Waals surface area contributed by atoms with Crippen LogP contribution in [0, 0.1) is 5.82 Å². The van der Waals surface area contributed by atoms with Crippen molar-refractivity contribution in [1.82, 2.24) is 15.6 Å². The Balaban J connectivity index is 0.00000288. The number of aliphatic imine (C=N–C) groups is 1. The van der Waals surface area contributed by atoms with E-state index in [0.29, 0.717) is 36.1 Å². The Bertz CT molecular complexity index is 658. The summed E-state index contributed by atoms with van der Waals surface area (Å²) < 4.78 is 13.7. The molecule has 24 heavy (non-hydrogen) atoms. The summed E-state index contributed by atoms with van der Waals surface area (Å²) in [5, 5.41) is 7.82. The molecule has 0 aliphatic carbocycles. The molecule has 0 radical (unpaired) electrons.